The number of carbonyl (C=O) groups is 1. The summed E-state index contributed by atoms with van der Waals surface area (Å²) in [6.45, 7) is -0.151. The lowest BCUT2D eigenvalue weighted by molar-refractivity contribution is -0.122. The molecule has 1 amide bonds. The van der Waals surface area contributed by atoms with Gasteiger partial charge in [-0.1, -0.05) is 54.1 Å². The highest BCUT2D eigenvalue weighted by Crippen LogP contribution is 2.36. The number of ether oxygens (including phenoxy) is 2. The molecule has 166 valence electrons. The number of para-hydroxylation sites is 2. The molecule has 1 atom stereocenters. The van der Waals surface area contributed by atoms with Gasteiger partial charge in [-0.3, -0.25) is 9.10 Å². The summed E-state index contributed by atoms with van der Waals surface area (Å²) >= 11 is 6.13. The Morgan fingerprint density at radius 3 is 2.56 bits per heavy atom. The van der Waals surface area contributed by atoms with Crippen molar-refractivity contribution in [2.75, 3.05) is 23.3 Å². The first-order chi connectivity index (χ1) is 15.4. The fourth-order valence-electron chi connectivity index (χ4n) is 3.43. The number of anilines is 2. The molecule has 0 fully saturated rings. The molecule has 0 bridgehead atoms. The van der Waals surface area contributed by atoms with E-state index in [1.165, 1.54) is 11.4 Å². The minimum atomic E-state index is -3.77. The number of hydrogen-bond donors (Lipinski definition) is 1. The van der Waals surface area contributed by atoms with Crippen LogP contribution in [0.25, 0.3) is 0 Å². The van der Waals surface area contributed by atoms with Gasteiger partial charge in [0.25, 0.3) is 5.91 Å². The number of halogens is 1. The monoisotopic (exact) mass is 472 g/mol. The average Bonchev–Trinajstić information content (AvgIpc) is 2.79. The zero-order valence-corrected chi connectivity index (χ0v) is 18.8. The molecule has 1 heterocycles. The molecule has 4 rings (SSSR count). The molecule has 1 aliphatic rings. The molecule has 0 saturated carbocycles. The highest BCUT2D eigenvalue weighted by Gasteiger charge is 2.36. The van der Waals surface area contributed by atoms with Crippen LogP contribution in [-0.4, -0.2) is 34.1 Å². The number of amides is 1. The Morgan fingerprint density at radius 2 is 1.84 bits per heavy atom. The lowest BCUT2D eigenvalue weighted by Crippen LogP contribution is -2.49. The first-order valence-corrected chi connectivity index (χ1v) is 11.8. The van der Waals surface area contributed by atoms with Gasteiger partial charge < -0.3 is 14.8 Å². The summed E-state index contributed by atoms with van der Waals surface area (Å²) in [6, 6.07) is 20.5. The van der Waals surface area contributed by atoms with Crippen LogP contribution in [0.4, 0.5) is 11.4 Å². The summed E-state index contributed by atoms with van der Waals surface area (Å²) in [4.78, 5) is 12.9. The van der Waals surface area contributed by atoms with Crippen LogP contribution < -0.4 is 19.1 Å². The topological polar surface area (TPSA) is 84.9 Å². The van der Waals surface area contributed by atoms with Crippen molar-refractivity contribution in [1.82, 2.24) is 0 Å². The first kappa shape index (κ1) is 22.0. The van der Waals surface area contributed by atoms with Gasteiger partial charge >= 0.3 is 0 Å². The predicted molar refractivity (Wildman–Crippen MR) is 124 cm³/mol. The van der Waals surface area contributed by atoms with Crippen LogP contribution in [0, 0.1) is 0 Å². The Hall–Kier alpha value is -3.23. The quantitative estimate of drug-likeness (QED) is 0.584. The Bertz CT molecular complexity index is 1230. The number of benzene rings is 3. The van der Waals surface area contributed by atoms with E-state index >= 15 is 0 Å². The van der Waals surface area contributed by atoms with Crippen molar-refractivity contribution in [3.8, 4) is 11.5 Å². The van der Waals surface area contributed by atoms with Gasteiger partial charge in [0, 0.05) is 5.69 Å². The van der Waals surface area contributed by atoms with Crippen molar-refractivity contribution in [2.24, 2.45) is 0 Å². The van der Waals surface area contributed by atoms with E-state index in [1.54, 1.807) is 66.7 Å². The first-order valence-electron chi connectivity index (χ1n) is 9.82. The lowest BCUT2D eigenvalue weighted by Gasteiger charge is -2.34. The third kappa shape index (κ3) is 4.66. The molecule has 9 heteroatoms. The molecule has 0 saturated heterocycles. The molecule has 7 nitrogen and oxygen atoms in total. The van der Waals surface area contributed by atoms with E-state index < -0.39 is 22.0 Å². The van der Waals surface area contributed by atoms with Gasteiger partial charge in [0.15, 0.2) is 6.10 Å². The largest absolute Gasteiger partial charge is 0.495 e. The Labute approximate surface area is 191 Å². The van der Waals surface area contributed by atoms with Crippen molar-refractivity contribution in [3.63, 3.8) is 0 Å². The van der Waals surface area contributed by atoms with E-state index in [1.807, 2.05) is 6.07 Å². The number of fused-ring (bicyclic) bond motifs is 1. The Morgan fingerprint density at radius 1 is 1.12 bits per heavy atom. The fourth-order valence-corrected chi connectivity index (χ4v) is 5.27. The number of nitrogens with one attached hydrogen (secondary N) is 1. The predicted octanol–water partition coefficient (Wildman–Crippen LogP) is 4.08. The third-order valence-electron chi connectivity index (χ3n) is 4.97. The van der Waals surface area contributed by atoms with E-state index in [0.717, 1.165) is 0 Å². The molecule has 1 unspecified atom stereocenters. The summed E-state index contributed by atoms with van der Waals surface area (Å²) in [5.41, 5.74) is 1.51. The fraction of sp³-hybridized carbons (Fsp3) is 0.174. The minimum Gasteiger partial charge on any atom is -0.495 e. The van der Waals surface area contributed by atoms with E-state index in [-0.39, 0.29) is 12.3 Å². The summed E-state index contributed by atoms with van der Waals surface area (Å²) in [6.07, 6.45) is -1.05. The summed E-state index contributed by atoms with van der Waals surface area (Å²) in [5, 5.41) is 3.07. The number of hydrogen-bond acceptors (Lipinski definition) is 5. The van der Waals surface area contributed by atoms with Gasteiger partial charge in [0.2, 0.25) is 10.0 Å². The van der Waals surface area contributed by atoms with Crippen molar-refractivity contribution in [1.29, 1.82) is 0 Å². The van der Waals surface area contributed by atoms with E-state index in [4.69, 9.17) is 21.1 Å². The smallest absolute Gasteiger partial charge is 0.267 e. The Kier molecular flexibility index (Phi) is 6.25. The van der Waals surface area contributed by atoms with Crippen molar-refractivity contribution in [3.05, 3.63) is 83.4 Å². The molecule has 0 aromatic heterocycles. The number of sulfonamides is 1. The summed E-state index contributed by atoms with van der Waals surface area (Å²) in [5.74, 6) is 0.125. The average molecular weight is 473 g/mol. The van der Waals surface area contributed by atoms with Gasteiger partial charge in [0.1, 0.15) is 11.5 Å². The highest BCUT2D eigenvalue weighted by molar-refractivity contribution is 7.92. The van der Waals surface area contributed by atoms with Crippen LogP contribution in [0.5, 0.6) is 11.5 Å². The molecule has 3 aromatic rings. The zero-order valence-electron chi connectivity index (χ0n) is 17.2. The molecule has 1 N–H and O–H groups in total. The highest BCUT2D eigenvalue weighted by atomic mass is 35.5. The molecule has 0 spiro atoms. The second kappa shape index (κ2) is 9.10. The zero-order chi connectivity index (χ0) is 22.7. The second-order valence-corrected chi connectivity index (χ2v) is 9.49. The minimum absolute atomic E-state index is 0.151. The maximum Gasteiger partial charge on any atom is 0.267 e. The molecule has 1 aliphatic heterocycles. The third-order valence-corrected chi connectivity index (χ3v) is 6.99. The van der Waals surface area contributed by atoms with Crippen LogP contribution in [-0.2, 0) is 20.6 Å². The van der Waals surface area contributed by atoms with Crippen LogP contribution in [0.1, 0.15) is 5.56 Å². The molecule has 32 heavy (non-hydrogen) atoms. The van der Waals surface area contributed by atoms with Gasteiger partial charge in [-0.2, -0.15) is 0 Å². The number of methoxy groups -OCH3 is 1. The SMILES string of the molecule is COc1ccc(NC(=O)C2CN(S(=O)(=O)Cc3ccccc3)c3ccccc3O2)cc1Cl. The standard InChI is InChI=1S/C23H21ClN2O5S/c1-30-20-12-11-17(13-18(20)24)25-23(27)22-14-26(19-9-5-6-10-21(19)31-22)32(28,29)15-16-7-3-2-4-8-16/h2-13,22H,14-15H2,1H3,(H,25,27). The maximum atomic E-state index is 13.3. The number of carbonyl (C=O) groups excluding carboxylic acids is 1. The number of nitrogens with zero attached hydrogens (tertiary/aromatic N) is 1. The van der Waals surface area contributed by atoms with Crippen LogP contribution in [0.2, 0.25) is 5.02 Å². The van der Waals surface area contributed by atoms with E-state index in [9.17, 15) is 13.2 Å². The van der Waals surface area contributed by atoms with Gasteiger partial charge in [0.05, 0.1) is 30.1 Å². The van der Waals surface area contributed by atoms with Crippen LogP contribution in [0.3, 0.4) is 0 Å². The second-order valence-electron chi connectivity index (χ2n) is 7.19. The normalized spacial score (nSPS) is 15.4. The van der Waals surface area contributed by atoms with Crippen LogP contribution >= 0.6 is 11.6 Å². The van der Waals surface area contributed by atoms with Gasteiger partial charge in [-0.25, -0.2) is 8.42 Å². The van der Waals surface area contributed by atoms with Crippen molar-refractivity contribution >= 4 is 38.9 Å². The summed E-state index contributed by atoms with van der Waals surface area (Å²) < 4.78 is 38.7. The number of rotatable bonds is 6. The maximum absolute atomic E-state index is 13.3. The van der Waals surface area contributed by atoms with Crippen molar-refractivity contribution < 1.29 is 22.7 Å². The van der Waals surface area contributed by atoms with Gasteiger partial charge in [-0.15, -0.1) is 0 Å². The molecule has 3 aromatic carbocycles. The molecular weight excluding hydrogens is 452 g/mol. The van der Waals surface area contributed by atoms with E-state index in [0.29, 0.717) is 33.5 Å². The van der Waals surface area contributed by atoms with Gasteiger partial charge in [-0.05, 0) is 35.9 Å². The lowest BCUT2D eigenvalue weighted by atomic mass is 10.2. The molecule has 0 radical (unpaired) electrons. The Balaban J connectivity index is 1.59. The van der Waals surface area contributed by atoms with Crippen LogP contribution in [0.15, 0.2) is 72.8 Å². The molecule has 0 aliphatic carbocycles. The van der Waals surface area contributed by atoms with E-state index in [2.05, 4.69) is 5.32 Å². The van der Waals surface area contributed by atoms with Crippen molar-refractivity contribution in [2.45, 2.75) is 11.9 Å². The summed E-state index contributed by atoms with van der Waals surface area (Å²) in [7, 11) is -2.27. The molecular formula is C23H21ClN2O5S.